The van der Waals surface area contributed by atoms with Crippen LogP contribution in [0.2, 0.25) is 5.02 Å². The maximum absolute atomic E-state index is 13.0. The van der Waals surface area contributed by atoms with Crippen molar-refractivity contribution >= 4 is 33.2 Å². The van der Waals surface area contributed by atoms with Gasteiger partial charge in [0, 0.05) is 16.7 Å². The van der Waals surface area contributed by atoms with Crippen LogP contribution in [0.1, 0.15) is 11.1 Å². The van der Waals surface area contributed by atoms with E-state index in [-0.39, 0.29) is 17.3 Å². The third kappa shape index (κ3) is 4.11. The molecule has 0 aliphatic heterocycles. The molecule has 0 aromatic heterocycles. The van der Waals surface area contributed by atoms with Gasteiger partial charge >= 0.3 is 6.18 Å². The summed E-state index contributed by atoms with van der Waals surface area (Å²) in [5.41, 5.74) is -0.245. The third-order valence-electron chi connectivity index (χ3n) is 2.75. The molecule has 2 aromatic carbocycles. The van der Waals surface area contributed by atoms with Crippen LogP contribution in [0.3, 0.4) is 0 Å². The summed E-state index contributed by atoms with van der Waals surface area (Å²) in [6.45, 7) is 0.0968. The number of rotatable bonds is 3. The van der Waals surface area contributed by atoms with Crippen LogP contribution in [0, 0.1) is 5.82 Å². The smallest absolute Gasteiger partial charge is 0.380 e. The van der Waals surface area contributed by atoms with E-state index in [4.69, 9.17) is 11.6 Å². The van der Waals surface area contributed by atoms with Gasteiger partial charge in [-0.1, -0.05) is 33.6 Å². The lowest BCUT2D eigenvalue weighted by Crippen LogP contribution is -2.10. The van der Waals surface area contributed by atoms with Crippen molar-refractivity contribution in [1.29, 1.82) is 0 Å². The molecule has 0 unspecified atom stereocenters. The summed E-state index contributed by atoms with van der Waals surface area (Å²) < 4.78 is 52.2. The van der Waals surface area contributed by atoms with Crippen molar-refractivity contribution in [2.45, 2.75) is 12.7 Å². The van der Waals surface area contributed by atoms with E-state index in [1.807, 2.05) is 0 Å². The van der Waals surface area contributed by atoms with E-state index in [0.717, 1.165) is 6.07 Å². The molecule has 0 bridgehead atoms. The van der Waals surface area contributed by atoms with Crippen molar-refractivity contribution in [3.63, 3.8) is 0 Å². The lowest BCUT2D eigenvalue weighted by Gasteiger charge is -2.15. The van der Waals surface area contributed by atoms with E-state index >= 15 is 0 Å². The number of hydrogen-bond donors (Lipinski definition) is 1. The molecule has 0 saturated heterocycles. The summed E-state index contributed by atoms with van der Waals surface area (Å²) in [5, 5.41) is 2.62. The molecular weight excluding hydrogens is 374 g/mol. The van der Waals surface area contributed by atoms with Crippen LogP contribution in [0.15, 0.2) is 40.9 Å². The molecule has 0 fully saturated rings. The first kappa shape index (κ1) is 16.1. The van der Waals surface area contributed by atoms with Crippen LogP contribution >= 0.6 is 27.5 Å². The standard InChI is InChI=1S/C14H9BrClF4N/c15-9-2-3-10(14(18,19)20)13(6-9)21-7-8-1-4-12(17)11(16)5-8/h1-6,21H,7H2. The van der Waals surface area contributed by atoms with E-state index in [1.54, 1.807) is 0 Å². The molecule has 0 aliphatic carbocycles. The van der Waals surface area contributed by atoms with Gasteiger partial charge in [0.25, 0.3) is 0 Å². The average Bonchev–Trinajstić information content (AvgIpc) is 2.39. The first-order valence-corrected chi connectivity index (χ1v) is 6.99. The summed E-state index contributed by atoms with van der Waals surface area (Å²) in [6, 6.07) is 7.65. The minimum Gasteiger partial charge on any atom is -0.380 e. The van der Waals surface area contributed by atoms with Crippen LogP contribution in [-0.4, -0.2) is 0 Å². The van der Waals surface area contributed by atoms with Crippen molar-refractivity contribution in [3.8, 4) is 0 Å². The van der Waals surface area contributed by atoms with Crippen molar-refractivity contribution in [3.05, 3.63) is 62.8 Å². The number of anilines is 1. The minimum absolute atomic E-state index is 0.0580. The van der Waals surface area contributed by atoms with Crippen molar-refractivity contribution in [1.82, 2.24) is 0 Å². The topological polar surface area (TPSA) is 12.0 Å². The van der Waals surface area contributed by atoms with Gasteiger partial charge in [0.15, 0.2) is 0 Å². The molecule has 112 valence electrons. The highest BCUT2D eigenvalue weighted by molar-refractivity contribution is 9.10. The van der Waals surface area contributed by atoms with E-state index in [0.29, 0.717) is 10.0 Å². The molecule has 1 nitrogen and oxygen atoms in total. The zero-order valence-corrected chi connectivity index (χ0v) is 12.8. The van der Waals surface area contributed by atoms with Crippen molar-refractivity contribution in [2.24, 2.45) is 0 Å². The molecule has 0 radical (unpaired) electrons. The first-order valence-electron chi connectivity index (χ1n) is 5.82. The normalized spacial score (nSPS) is 11.5. The van der Waals surface area contributed by atoms with Gasteiger partial charge in [-0.2, -0.15) is 13.2 Å². The highest BCUT2D eigenvalue weighted by Crippen LogP contribution is 2.36. The molecule has 0 heterocycles. The zero-order valence-electron chi connectivity index (χ0n) is 10.4. The second-order valence-electron chi connectivity index (χ2n) is 4.29. The van der Waals surface area contributed by atoms with Gasteiger partial charge in [-0.05, 0) is 35.9 Å². The molecule has 0 atom stereocenters. The van der Waals surface area contributed by atoms with Crippen LogP contribution in [-0.2, 0) is 12.7 Å². The molecule has 0 saturated carbocycles. The highest BCUT2D eigenvalue weighted by atomic mass is 79.9. The molecule has 7 heteroatoms. The number of benzene rings is 2. The maximum Gasteiger partial charge on any atom is 0.418 e. The Hall–Kier alpha value is -1.27. The molecule has 0 spiro atoms. The Kier molecular flexibility index (Phi) is 4.78. The molecule has 0 amide bonds. The Morgan fingerprint density at radius 3 is 2.43 bits per heavy atom. The Morgan fingerprint density at radius 1 is 1.10 bits per heavy atom. The van der Waals surface area contributed by atoms with E-state index in [2.05, 4.69) is 21.2 Å². The SMILES string of the molecule is Fc1ccc(CNc2cc(Br)ccc2C(F)(F)F)cc1Cl. The van der Waals surface area contributed by atoms with Crippen molar-refractivity contribution < 1.29 is 17.6 Å². The Morgan fingerprint density at radius 2 is 1.81 bits per heavy atom. The monoisotopic (exact) mass is 381 g/mol. The van der Waals surface area contributed by atoms with Crippen LogP contribution < -0.4 is 5.32 Å². The highest BCUT2D eigenvalue weighted by Gasteiger charge is 2.33. The summed E-state index contributed by atoms with van der Waals surface area (Å²) in [4.78, 5) is 0. The van der Waals surface area contributed by atoms with Gasteiger partial charge in [-0.15, -0.1) is 0 Å². The fraction of sp³-hybridized carbons (Fsp3) is 0.143. The lowest BCUT2D eigenvalue weighted by atomic mass is 10.1. The minimum atomic E-state index is -4.45. The Labute approximate surface area is 132 Å². The van der Waals surface area contributed by atoms with Crippen LogP contribution in [0.25, 0.3) is 0 Å². The maximum atomic E-state index is 13.0. The molecule has 2 aromatic rings. The molecular formula is C14H9BrClF4N. The fourth-order valence-electron chi connectivity index (χ4n) is 1.76. The quantitative estimate of drug-likeness (QED) is 0.654. The number of halogens is 6. The predicted octanol–water partition coefficient (Wildman–Crippen LogP) is 5.87. The van der Waals surface area contributed by atoms with Crippen LogP contribution in [0.4, 0.5) is 23.2 Å². The van der Waals surface area contributed by atoms with E-state index < -0.39 is 17.6 Å². The average molecular weight is 383 g/mol. The summed E-state index contributed by atoms with van der Waals surface area (Å²) in [6.07, 6.45) is -4.45. The fourth-order valence-corrected chi connectivity index (χ4v) is 2.32. The Bertz CT molecular complexity index is 658. The van der Waals surface area contributed by atoms with Gasteiger partial charge in [-0.25, -0.2) is 4.39 Å². The zero-order chi connectivity index (χ0) is 15.6. The molecule has 2 rings (SSSR count). The summed E-state index contributed by atoms with van der Waals surface area (Å²) in [5.74, 6) is -0.571. The van der Waals surface area contributed by atoms with E-state index in [1.165, 1.54) is 30.3 Å². The lowest BCUT2D eigenvalue weighted by molar-refractivity contribution is -0.137. The molecule has 21 heavy (non-hydrogen) atoms. The van der Waals surface area contributed by atoms with Gasteiger partial charge < -0.3 is 5.32 Å². The number of alkyl halides is 3. The van der Waals surface area contributed by atoms with Crippen molar-refractivity contribution in [2.75, 3.05) is 5.32 Å². The van der Waals surface area contributed by atoms with Gasteiger partial charge in [-0.3, -0.25) is 0 Å². The first-order chi connectivity index (χ1) is 9.77. The second kappa shape index (κ2) is 6.23. The molecule has 1 N–H and O–H groups in total. The molecule has 0 aliphatic rings. The van der Waals surface area contributed by atoms with Gasteiger partial charge in [0.1, 0.15) is 5.82 Å². The second-order valence-corrected chi connectivity index (χ2v) is 5.61. The predicted molar refractivity (Wildman–Crippen MR) is 77.9 cm³/mol. The number of hydrogen-bond acceptors (Lipinski definition) is 1. The van der Waals surface area contributed by atoms with Crippen LogP contribution in [0.5, 0.6) is 0 Å². The Balaban J connectivity index is 2.23. The summed E-state index contributed by atoms with van der Waals surface area (Å²) >= 11 is 8.77. The third-order valence-corrected chi connectivity index (χ3v) is 3.54. The summed E-state index contributed by atoms with van der Waals surface area (Å²) in [7, 11) is 0. The largest absolute Gasteiger partial charge is 0.418 e. The van der Waals surface area contributed by atoms with E-state index in [9.17, 15) is 17.6 Å². The van der Waals surface area contributed by atoms with Gasteiger partial charge in [0.2, 0.25) is 0 Å². The number of nitrogens with one attached hydrogen (secondary N) is 1. The van der Waals surface area contributed by atoms with Gasteiger partial charge in [0.05, 0.1) is 10.6 Å².